The van der Waals surface area contributed by atoms with Gasteiger partial charge in [0.05, 0.1) is 11.6 Å². The first kappa shape index (κ1) is 11.3. The van der Waals surface area contributed by atoms with Crippen LogP contribution in [0.25, 0.3) is 0 Å². The van der Waals surface area contributed by atoms with Crippen LogP contribution in [0.4, 0.5) is 0 Å². The Bertz CT molecular complexity index is 348. The van der Waals surface area contributed by atoms with Crippen LogP contribution in [0.3, 0.4) is 0 Å². The van der Waals surface area contributed by atoms with Gasteiger partial charge in [-0.15, -0.1) is 0 Å². The normalized spacial score (nSPS) is 24.5. The molecule has 0 unspecified atom stereocenters. The van der Waals surface area contributed by atoms with Crippen LogP contribution in [0.1, 0.15) is 12.8 Å². The van der Waals surface area contributed by atoms with Gasteiger partial charge in [-0.3, -0.25) is 0 Å². The Hall–Kier alpha value is -0.220. The average molecular weight is 336 g/mol. The molecule has 0 amide bonds. The lowest BCUT2D eigenvalue weighted by molar-refractivity contribution is 0.127. The molecule has 0 aliphatic heterocycles. The predicted molar refractivity (Wildman–Crippen MR) is 67.1 cm³/mol. The summed E-state index contributed by atoms with van der Waals surface area (Å²) in [6.07, 6.45) is 2.51. The molecule has 4 heteroatoms. The number of hydrogen-bond donors (Lipinski definition) is 0. The van der Waals surface area contributed by atoms with Crippen molar-refractivity contribution < 1.29 is 9.47 Å². The van der Waals surface area contributed by atoms with Crippen LogP contribution in [-0.2, 0) is 0 Å². The molecule has 1 aromatic carbocycles. The summed E-state index contributed by atoms with van der Waals surface area (Å²) < 4.78 is 11.9. The first-order valence-corrected chi connectivity index (χ1v) is 6.54. The van der Waals surface area contributed by atoms with Crippen LogP contribution in [-0.4, -0.2) is 18.0 Å². The van der Waals surface area contributed by atoms with E-state index in [-0.39, 0.29) is 0 Å². The van der Waals surface area contributed by atoms with Crippen molar-refractivity contribution in [3.8, 4) is 11.5 Å². The van der Waals surface area contributed by atoms with Crippen molar-refractivity contribution in [2.75, 3.05) is 7.11 Å². The lowest BCUT2D eigenvalue weighted by Crippen LogP contribution is -2.34. The second kappa shape index (κ2) is 4.74. The quantitative estimate of drug-likeness (QED) is 0.783. The Morgan fingerprint density at radius 2 is 2.07 bits per heavy atom. The summed E-state index contributed by atoms with van der Waals surface area (Å²) in [7, 11) is 1.66. The maximum absolute atomic E-state index is 5.82. The van der Waals surface area contributed by atoms with Crippen molar-refractivity contribution in [1.82, 2.24) is 0 Å². The van der Waals surface area contributed by atoms with E-state index in [2.05, 4.69) is 31.9 Å². The lowest BCUT2D eigenvalue weighted by Gasteiger charge is -2.31. The van der Waals surface area contributed by atoms with Crippen LogP contribution >= 0.6 is 31.9 Å². The van der Waals surface area contributed by atoms with Gasteiger partial charge in [-0.2, -0.15) is 0 Å². The van der Waals surface area contributed by atoms with Crippen molar-refractivity contribution >= 4 is 31.9 Å². The third-order valence-corrected chi connectivity index (χ3v) is 3.84. The monoisotopic (exact) mass is 334 g/mol. The van der Waals surface area contributed by atoms with Gasteiger partial charge in [-0.05, 0) is 47.0 Å². The highest BCUT2D eigenvalue weighted by Gasteiger charge is 2.28. The van der Waals surface area contributed by atoms with Crippen molar-refractivity contribution in [3.05, 3.63) is 22.7 Å². The molecule has 1 aromatic rings. The van der Waals surface area contributed by atoms with Crippen LogP contribution in [0.15, 0.2) is 22.7 Å². The molecule has 15 heavy (non-hydrogen) atoms. The fourth-order valence-corrected chi connectivity index (χ4v) is 2.77. The van der Waals surface area contributed by atoms with E-state index in [0.29, 0.717) is 10.9 Å². The van der Waals surface area contributed by atoms with Crippen molar-refractivity contribution in [2.45, 2.75) is 23.8 Å². The van der Waals surface area contributed by atoms with E-state index in [1.807, 2.05) is 18.2 Å². The fourth-order valence-electron chi connectivity index (χ4n) is 1.48. The molecular formula is C11H12Br2O2. The summed E-state index contributed by atoms with van der Waals surface area (Å²) in [6, 6.07) is 5.76. The Morgan fingerprint density at radius 1 is 1.33 bits per heavy atom. The maximum Gasteiger partial charge on any atom is 0.134 e. The Labute approximate surface area is 106 Å². The number of halogens is 2. The van der Waals surface area contributed by atoms with E-state index >= 15 is 0 Å². The summed E-state index contributed by atoms with van der Waals surface area (Å²) in [6.45, 7) is 0. The first-order valence-electron chi connectivity index (χ1n) is 4.83. The Kier molecular flexibility index (Phi) is 3.57. The van der Waals surface area contributed by atoms with Gasteiger partial charge in [-0.1, -0.05) is 15.9 Å². The van der Waals surface area contributed by atoms with E-state index in [1.54, 1.807) is 7.11 Å². The van der Waals surface area contributed by atoms with Gasteiger partial charge in [0, 0.05) is 4.83 Å². The van der Waals surface area contributed by atoms with Gasteiger partial charge in [0.2, 0.25) is 0 Å². The zero-order valence-electron chi connectivity index (χ0n) is 8.37. The van der Waals surface area contributed by atoms with Crippen LogP contribution in [0.2, 0.25) is 0 Å². The topological polar surface area (TPSA) is 18.5 Å². The maximum atomic E-state index is 5.82. The molecule has 82 valence electrons. The number of ether oxygens (including phenoxy) is 2. The molecule has 0 bridgehead atoms. The molecule has 2 rings (SSSR count). The van der Waals surface area contributed by atoms with Gasteiger partial charge >= 0.3 is 0 Å². The minimum Gasteiger partial charge on any atom is -0.497 e. The highest BCUT2D eigenvalue weighted by Crippen LogP contribution is 2.35. The highest BCUT2D eigenvalue weighted by atomic mass is 79.9. The van der Waals surface area contributed by atoms with E-state index in [1.165, 1.54) is 0 Å². The van der Waals surface area contributed by atoms with Crippen LogP contribution in [0.5, 0.6) is 11.5 Å². The fraction of sp³-hybridized carbons (Fsp3) is 0.455. The molecule has 1 saturated carbocycles. The molecule has 0 atom stereocenters. The second-order valence-corrected chi connectivity index (χ2v) is 5.75. The van der Waals surface area contributed by atoms with E-state index in [4.69, 9.17) is 9.47 Å². The lowest BCUT2D eigenvalue weighted by atomic mass is 9.96. The third kappa shape index (κ3) is 2.67. The molecular weight excluding hydrogens is 324 g/mol. The Morgan fingerprint density at radius 3 is 2.60 bits per heavy atom. The first-order chi connectivity index (χ1) is 7.19. The van der Waals surface area contributed by atoms with Crippen LogP contribution in [0, 0.1) is 0 Å². The van der Waals surface area contributed by atoms with Gasteiger partial charge in [-0.25, -0.2) is 0 Å². The minimum atomic E-state index is 0.346. The van der Waals surface area contributed by atoms with Gasteiger partial charge in [0.25, 0.3) is 0 Å². The standard InChI is InChI=1S/C11H12Br2O2/c1-14-8-2-3-11(10(13)6-8)15-9-4-7(12)5-9/h2-3,6-7,9H,4-5H2,1H3. The SMILES string of the molecule is COc1ccc(OC2CC(Br)C2)c(Br)c1. The predicted octanol–water partition coefficient (Wildman–Crippen LogP) is 3.76. The molecule has 1 fully saturated rings. The van der Waals surface area contributed by atoms with Crippen LogP contribution < -0.4 is 9.47 Å². The van der Waals surface area contributed by atoms with Crippen molar-refractivity contribution in [3.63, 3.8) is 0 Å². The molecule has 0 saturated heterocycles. The van der Waals surface area contributed by atoms with Gasteiger partial charge in [0.1, 0.15) is 17.6 Å². The van der Waals surface area contributed by atoms with E-state index < -0.39 is 0 Å². The van der Waals surface area contributed by atoms with Gasteiger partial charge < -0.3 is 9.47 Å². The number of methoxy groups -OCH3 is 1. The molecule has 0 spiro atoms. The van der Waals surface area contributed by atoms with Crippen molar-refractivity contribution in [1.29, 1.82) is 0 Å². The minimum absolute atomic E-state index is 0.346. The van der Waals surface area contributed by atoms with Gasteiger partial charge in [0.15, 0.2) is 0 Å². The summed E-state index contributed by atoms with van der Waals surface area (Å²) in [5.74, 6) is 1.72. The molecule has 1 aliphatic carbocycles. The van der Waals surface area contributed by atoms with E-state index in [9.17, 15) is 0 Å². The van der Waals surface area contributed by atoms with E-state index in [0.717, 1.165) is 28.8 Å². The molecule has 0 aromatic heterocycles. The zero-order valence-corrected chi connectivity index (χ0v) is 11.5. The number of benzene rings is 1. The zero-order chi connectivity index (χ0) is 10.8. The molecule has 0 radical (unpaired) electrons. The Balaban J connectivity index is 2.02. The third-order valence-electron chi connectivity index (χ3n) is 2.47. The smallest absolute Gasteiger partial charge is 0.134 e. The highest BCUT2D eigenvalue weighted by molar-refractivity contribution is 9.10. The summed E-state index contributed by atoms with van der Waals surface area (Å²) in [4.78, 5) is 0.625. The number of rotatable bonds is 3. The second-order valence-electron chi connectivity index (χ2n) is 3.60. The molecule has 2 nitrogen and oxygen atoms in total. The summed E-state index contributed by atoms with van der Waals surface area (Å²) >= 11 is 7.01. The number of alkyl halides is 1. The number of hydrogen-bond acceptors (Lipinski definition) is 2. The van der Waals surface area contributed by atoms with Crippen molar-refractivity contribution in [2.24, 2.45) is 0 Å². The molecule has 0 N–H and O–H groups in total. The molecule has 0 heterocycles. The average Bonchev–Trinajstić information content (AvgIpc) is 2.18. The summed E-state index contributed by atoms with van der Waals surface area (Å²) in [5.41, 5.74) is 0. The largest absolute Gasteiger partial charge is 0.497 e. The summed E-state index contributed by atoms with van der Waals surface area (Å²) in [5, 5.41) is 0. The molecule has 1 aliphatic rings.